The van der Waals surface area contributed by atoms with Gasteiger partial charge in [0, 0.05) is 19.0 Å². The Bertz CT molecular complexity index is 660. The maximum absolute atomic E-state index is 12.8. The van der Waals surface area contributed by atoms with Gasteiger partial charge in [0.15, 0.2) is 0 Å². The summed E-state index contributed by atoms with van der Waals surface area (Å²) in [4.78, 5) is 14.8. The summed E-state index contributed by atoms with van der Waals surface area (Å²) >= 11 is 0. The molecule has 0 aliphatic carbocycles. The largest absolute Gasteiger partial charge is 0.507 e. The number of carbonyl (C=O) groups excluding carboxylic acids is 1. The fraction of sp³-hybridized carbons (Fsp3) is 0.708. The molecule has 2 unspecified atom stereocenters. The number of likely N-dealkylation sites (tertiary alicyclic amines) is 1. The molecule has 2 N–H and O–H groups in total. The van der Waals surface area contributed by atoms with Crippen molar-refractivity contribution in [2.75, 3.05) is 6.54 Å². The molecule has 1 heterocycles. The number of nitrogens with zero attached hydrogens (tertiary/aromatic N) is 1. The maximum atomic E-state index is 12.8. The number of amides is 1. The third-order valence-electron chi connectivity index (χ3n) is 5.72. The lowest BCUT2D eigenvalue weighted by Crippen LogP contribution is -2.37. The molecule has 0 aromatic heterocycles. The molecule has 1 amide bonds. The highest BCUT2D eigenvalue weighted by Gasteiger charge is 2.30. The minimum Gasteiger partial charge on any atom is -0.507 e. The molecule has 0 saturated carbocycles. The molecule has 0 spiro atoms. The number of carbonyl (C=O) groups is 1. The van der Waals surface area contributed by atoms with E-state index in [4.69, 9.17) is 0 Å². The van der Waals surface area contributed by atoms with Gasteiger partial charge in [-0.1, -0.05) is 53.7 Å². The topological polar surface area (TPSA) is 60.8 Å². The number of hydrogen-bond acceptors (Lipinski definition) is 3. The van der Waals surface area contributed by atoms with Crippen LogP contribution in [0.2, 0.25) is 0 Å². The van der Waals surface area contributed by atoms with E-state index < -0.39 is 0 Å². The first-order chi connectivity index (χ1) is 12.8. The Morgan fingerprint density at radius 1 is 1.14 bits per heavy atom. The van der Waals surface area contributed by atoms with Crippen LogP contribution in [-0.4, -0.2) is 39.7 Å². The van der Waals surface area contributed by atoms with Crippen LogP contribution in [0.3, 0.4) is 0 Å². The highest BCUT2D eigenvalue weighted by Crippen LogP contribution is 2.40. The van der Waals surface area contributed by atoms with Crippen molar-refractivity contribution in [2.24, 2.45) is 0 Å². The van der Waals surface area contributed by atoms with E-state index in [2.05, 4.69) is 53.7 Å². The van der Waals surface area contributed by atoms with Crippen LogP contribution in [0.5, 0.6) is 5.75 Å². The first-order valence-electron chi connectivity index (χ1n) is 10.6. The van der Waals surface area contributed by atoms with Crippen molar-refractivity contribution in [3.8, 4) is 5.75 Å². The molecule has 158 valence electrons. The minimum atomic E-state index is -0.376. The van der Waals surface area contributed by atoms with Crippen molar-refractivity contribution >= 4 is 5.91 Å². The fourth-order valence-electron chi connectivity index (χ4n) is 4.18. The Hall–Kier alpha value is -1.55. The van der Waals surface area contributed by atoms with E-state index in [9.17, 15) is 15.0 Å². The van der Waals surface area contributed by atoms with Crippen LogP contribution in [0.1, 0.15) is 90.8 Å². The van der Waals surface area contributed by atoms with Gasteiger partial charge in [-0.05, 0) is 60.1 Å². The number of phenolic OH excluding ortho intramolecular Hbond substituents is 1. The normalized spacial score (nSPS) is 19.1. The smallest absolute Gasteiger partial charge is 0.223 e. The Kier molecular flexibility index (Phi) is 6.86. The number of hydrogen-bond donors (Lipinski definition) is 2. The second-order valence-electron chi connectivity index (χ2n) is 10.5. The predicted molar refractivity (Wildman–Crippen MR) is 115 cm³/mol. The second-order valence-corrected chi connectivity index (χ2v) is 10.5. The van der Waals surface area contributed by atoms with Crippen LogP contribution in [0.15, 0.2) is 12.1 Å². The van der Waals surface area contributed by atoms with E-state index in [1.165, 1.54) is 0 Å². The lowest BCUT2D eigenvalue weighted by molar-refractivity contribution is -0.132. The molecule has 4 heteroatoms. The van der Waals surface area contributed by atoms with Crippen molar-refractivity contribution < 1.29 is 15.0 Å². The van der Waals surface area contributed by atoms with Crippen molar-refractivity contribution in [1.82, 2.24) is 4.90 Å². The van der Waals surface area contributed by atoms with Crippen molar-refractivity contribution in [2.45, 2.75) is 104 Å². The van der Waals surface area contributed by atoms with Gasteiger partial charge in [-0.25, -0.2) is 0 Å². The summed E-state index contributed by atoms with van der Waals surface area (Å²) in [5.41, 5.74) is 2.65. The Balaban J connectivity index is 2.21. The number of phenols is 1. The van der Waals surface area contributed by atoms with Crippen LogP contribution < -0.4 is 0 Å². The van der Waals surface area contributed by atoms with Crippen LogP contribution >= 0.6 is 0 Å². The molecule has 1 fully saturated rings. The molecule has 2 rings (SSSR count). The first kappa shape index (κ1) is 22.7. The van der Waals surface area contributed by atoms with E-state index >= 15 is 0 Å². The van der Waals surface area contributed by atoms with Gasteiger partial charge in [-0.15, -0.1) is 0 Å². The van der Waals surface area contributed by atoms with Gasteiger partial charge in [0.1, 0.15) is 5.75 Å². The molecular formula is C24H39NO3. The zero-order chi connectivity index (χ0) is 21.3. The summed E-state index contributed by atoms with van der Waals surface area (Å²) in [5.74, 6) is 0.553. The van der Waals surface area contributed by atoms with Gasteiger partial charge < -0.3 is 15.1 Å². The summed E-state index contributed by atoms with van der Waals surface area (Å²) in [6.45, 7) is 15.2. The lowest BCUT2D eigenvalue weighted by Gasteiger charge is -2.29. The Morgan fingerprint density at radius 2 is 1.68 bits per heavy atom. The van der Waals surface area contributed by atoms with Crippen molar-refractivity contribution in [3.63, 3.8) is 0 Å². The molecular weight excluding hydrogens is 350 g/mol. The third-order valence-corrected chi connectivity index (χ3v) is 5.72. The van der Waals surface area contributed by atoms with Crippen LogP contribution in [0.25, 0.3) is 0 Å². The maximum Gasteiger partial charge on any atom is 0.223 e. The zero-order valence-electron chi connectivity index (χ0n) is 18.8. The molecule has 1 aromatic rings. The SMILES string of the molecule is CC(O)CC1CCCN1C(=O)CCc1cc(C(C)(C)C)c(O)c(C(C)(C)C)c1. The Labute approximate surface area is 171 Å². The van der Waals surface area contributed by atoms with Gasteiger partial charge in [0.25, 0.3) is 0 Å². The molecule has 0 bridgehead atoms. The van der Waals surface area contributed by atoms with E-state index in [1.807, 2.05) is 4.90 Å². The van der Waals surface area contributed by atoms with Crippen molar-refractivity contribution in [3.05, 3.63) is 28.8 Å². The molecule has 1 aromatic carbocycles. The number of benzene rings is 1. The molecule has 0 radical (unpaired) electrons. The fourth-order valence-corrected chi connectivity index (χ4v) is 4.18. The van der Waals surface area contributed by atoms with E-state index in [0.717, 1.165) is 36.1 Å². The second kappa shape index (κ2) is 8.44. The molecule has 1 aliphatic rings. The minimum absolute atomic E-state index is 0.165. The highest BCUT2D eigenvalue weighted by molar-refractivity contribution is 5.77. The lowest BCUT2D eigenvalue weighted by atomic mass is 9.78. The van der Waals surface area contributed by atoms with Gasteiger partial charge in [-0.3, -0.25) is 4.79 Å². The first-order valence-corrected chi connectivity index (χ1v) is 10.6. The summed E-state index contributed by atoms with van der Waals surface area (Å²) in [7, 11) is 0. The van der Waals surface area contributed by atoms with Gasteiger partial charge in [-0.2, -0.15) is 0 Å². The molecule has 1 aliphatic heterocycles. The van der Waals surface area contributed by atoms with Gasteiger partial charge in [0.2, 0.25) is 5.91 Å². The number of aromatic hydroxyl groups is 1. The summed E-state index contributed by atoms with van der Waals surface area (Å²) in [6, 6.07) is 4.30. The molecule has 4 nitrogen and oxygen atoms in total. The quantitative estimate of drug-likeness (QED) is 0.768. The molecule has 2 atom stereocenters. The average Bonchev–Trinajstić information content (AvgIpc) is 2.98. The number of aliphatic hydroxyl groups is 1. The van der Waals surface area contributed by atoms with Crippen LogP contribution in [0, 0.1) is 0 Å². The summed E-state index contributed by atoms with van der Waals surface area (Å²) in [6.07, 6.45) is 3.42. The molecule has 1 saturated heterocycles. The summed E-state index contributed by atoms with van der Waals surface area (Å²) < 4.78 is 0. The standard InChI is InChI=1S/C24H39NO3/c1-16(26)13-18-9-8-12-25(18)21(27)11-10-17-14-19(23(2,3)4)22(28)20(15-17)24(5,6)7/h14-16,18,26,28H,8-13H2,1-7H3. The number of aryl methyl sites for hydroxylation is 1. The van der Waals surface area contributed by atoms with Crippen molar-refractivity contribution in [1.29, 1.82) is 0 Å². The zero-order valence-corrected chi connectivity index (χ0v) is 18.8. The number of aliphatic hydroxyl groups excluding tert-OH is 1. The van der Waals surface area contributed by atoms with E-state index in [-0.39, 0.29) is 28.9 Å². The van der Waals surface area contributed by atoms with Gasteiger partial charge in [0.05, 0.1) is 6.10 Å². The third kappa shape index (κ3) is 5.50. The average molecular weight is 390 g/mol. The van der Waals surface area contributed by atoms with E-state index in [0.29, 0.717) is 25.0 Å². The highest BCUT2D eigenvalue weighted by atomic mass is 16.3. The number of rotatable bonds is 5. The Morgan fingerprint density at radius 3 is 2.14 bits per heavy atom. The van der Waals surface area contributed by atoms with E-state index in [1.54, 1.807) is 6.92 Å². The summed E-state index contributed by atoms with van der Waals surface area (Å²) in [5, 5.41) is 20.6. The van der Waals surface area contributed by atoms with Gasteiger partial charge >= 0.3 is 0 Å². The monoisotopic (exact) mass is 389 g/mol. The molecule has 28 heavy (non-hydrogen) atoms. The van der Waals surface area contributed by atoms with Crippen LogP contribution in [-0.2, 0) is 22.0 Å². The van der Waals surface area contributed by atoms with Crippen LogP contribution in [0.4, 0.5) is 0 Å². The predicted octanol–water partition coefficient (Wildman–Crippen LogP) is 4.68.